The molecular formula is C13H18N4O2S. The van der Waals surface area contributed by atoms with Crippen molar-refractivity contribution in [2.45, 2.75) is 23.8 Å². The van der Waals surface area contributed by atoms with Gasteiger partial charge in [0, 0.05) is 30.9 Å². The average Bonchev–Trinajstić information content (AvgIpc) is 2.92. The lowest BCUT2D eigenvalue weighted by Gasteiger charge is -2.30. The van der Waals surface area contributed by atoms with Crippen molar-refractivity contribution in [3.63, 3.8) is 0 Å². The molecule has 0 amide bonds. The number of hydrogen-bond donors (Lipinski definition) is 2. The lowest BCUT2D eigenvalue weighted by atomic mass is 10.1. The Hall–Kier alpha value is -1.44. The Balaban J connectivity index is 1.98. The molecule has 0 bridgehead atoms. The van der Waals surface area contributed by atoms with Crippen LogP contribution in [0.1, 0.15) is 12.8 Å². The van der Waals surface area contributed by atoms with E-state index in [1.807, 2.05) is 0 Å². The number of pyridine rings is 1. The molecule has 0 aromatic carbocycles. The van der Waals surface area contributed by atoms with Crippen LogP contribution in [0.2, 0.25) is 0 Å². The maximum Gasteiger partial charge on any atom is 0.245 e. The maximum absolute atomic E-state index is 12.8. The second-order valence-corrected chi connectivity index (χ2v) is 7.02. The molecule has 1 aliphatic rings. The van der Waals surface area contributed by atoms with Crippen molar-refractivity contribution >= 4 is 21.1 Å². The van der Waals surface area contributed by atoms with E-state index in [1.54, 1.807) is 25.4 Å². The molecule has 0 spiro atoms. The molecule has 2 N–H and O–H groups in total. The van der Waals surface area contributed by atoms with Crippen molar-refractivity contribution in [2.24, 2.45) is 0 Å². The van der Waals surface area contributed by atoms with Crippen molar-refractivity contribution < 1.29 is 8.42 Å². The topological polar surface area (TPSA) is 78.1 Å². The minimum absolute atomic E-state index is 0.0582. The summed E-state index contributed by atoms with van der Waals surface area (Å²) in [5.74, 6) is 0. The first-order valence-electron chi connectivity index (χ1n) is 6.71. The molecule has 0 unspecified atom stereocenters. The fourth-order valence-corrected chi connectivity index (χ4v) is 4.23. The number of nitrogens with one attached hydrogen (secondary N) is 2. The zero-order chi connectivity index (χ0) is 14.2. The van der Waals surface area contributed by atoms with Gasteiger partial charge in [-0.15, -0.1) is 0 Å². The molecule has 0 aliphatic carbocycles. The zero-order valence-electron chi connectivity index (χ0n) is 11.3. The highest BCUT2D eigenvalue weighted by Gasteiger charge is 2.30. The van der Waals surface area contributed by atoms with Crippen molar-refractivity contribution in [3.8, 4) is 0 Å². The highest BCUT2D eigenvalue weighted by molar-refractivity contribution is 7.89. The highest BCUT2D eigenvalue weighted by atomic mass is 32.2. The number of nitrogens with zero attached hydrogens (tertiary/aromatic N) is 2. The molecule has 20 heavy (non-hydrogen) atoms. The quantitative estimate of drug-likeness (QED) is 0.883. The second kappa shape index (κ2) is 5.16. The summed E-state index contributed by atoms with van der Waals surface area (Å²) in [5, 5.41) is 3.89. The molecule has 3 heterocycles. The Morgan fingerprint density at radius 1 is 1.35 bits per heavy atom. The third-order valence-electron chi connectivity index (χ3n) is 3.89. The van der Waals surface area contributed by atoms with E-state index in [4.69, 9.17) is 0 Å². The van der Waals surface area contributed by atoms with Crippen LogP contribution >= 0.6 is 0 Å². The Kier molecular flexibility index (Phi) is 3.49. The first kappa shape index (κ1) is 13.5. The van der Waals surface area contributed by atoms with E-state index in [1.165, 1.54) is 10.5 Å². The van der Waals surface area contributed by atoms with E-state index in [0.717, 1.165) is 25.9 Å². The number of sulfonamides is 1. The van der Waals surface area contributed by atoms with Gasteiger partial charge in [-0.3, -0.25) is 0 Å². The van der Waals surface area contributed by atoms with Gasteiger partial charge in [0.1, 0.15) is 10.5 Å². The van der Waals surface area contributed by atoms with Gasteiger partial charge in [0.2, 0.25) is 10.0 Å². The highest BCUT2D eigenvalue weighted by Crippen LogP contribution is 2.26. The molecule has 0 atom stereocenters. The zero-order valence-corrected chi connectivity index (χ0v) is 12.2. The van der Waals surface area contributed by atoms with Gasteiger partial charge in [0.15, 0.2) is 0 Å². The first-order chi connectivity index (χ1) is 9.60. The van der Waals surface area contributed by atoms with Crippen molar-refractivity contribution in [1.82, 2.24) is 19.6 Å². The van der Waals surface area contributed by atoms with E-state index in [-0.39, 0.29) is 6.04 Å². The number of aromatic nitrogens is 2. The van der Waals surface area contributed by atoms with Gasteiger partial charge >= 0.3 is 0 Å². The summed E-state index contributed by atoms with van der Waals surface area (Å²) >= 11 is 0. The van der Waals surface area contributed by atoms with E-state index in [9.17, 15) is 8.42 Å². The molecule has 0 radical (unpaired) electrons. The minimum Gasteiger partial charge on any atom is -0.345 e. The second-order valence-electron chi connectivity index (χ2n) is 5.05. The third kappa shape index (κ3) is 2.21. The number of piperidine rings is 1. The molecule has 1 saturated heterocycles. The summed E-state index contributed by atoms with van der Waals surface area (Å²) in [7, 11) is -1.82. The van der Waals surface area contributed by atoms with Crippen LogP contribution in [0.25, 0.3) is 11.0 Å². The van der Waals surface area contributed by atoms with Gasteiger partial charge < -0.3 is 10.3 Å². The standard InChI is InChI=1S/C13H18N4O2S/c1-17(10-4-7-14-8-5-10)20(18,19)12-9-16-13-11(12)3-2-6-15-13/h2-3,6,9-10,14H,4-5,7-8H2,1H3,(H,15,16). The Morgan fingerprint density at radius 3 is 2.85 bits per heavy atom. The van der Waals surface area contributed by atoms with Gasteiger partial charge in [0.25, 0.3) is 0 Å². The molecule has 0 saturated carbocycles. The molecule has 108 valence electrons. The van der Waals surface area contributed by atoms with Crippen molar-refractivity contribution in [1.29, 1.82) is 0 Å². The largest absolute Gasteiger partial charge is 0.345 e. The summed E-state index contributed by atoms with van der Waals surface area (Å²) in [6, 6.07) is 3.59. The van der Waals surface area contributed by atoms with Crippen LogP contribution < -0.4 is 5.32 Å². The molecule has 1 aliphatic heterocycles. The number of rotatable bonds is 3. The summed E-state index contributed by atoms with van der Waals surface area (Å²) in [5.41, 5.74) is 0.602. The number of fused-ring (bicyclic) bond motifs is 1. The maximum atomic E-state index is 12.8. The number of H-pyrrole nitrogens is 1. The van der Waals surface area contributed by atoms with E-state index >= 15 is 0 Å². The fourth-order valence-electron chi connectivity index (χ4n) is 2.67. The van der Waals surface area contributed by atoms with Crippen molar-refractivity contribution in [3.05, 3.63) is 24.5 Å². The van der Waals surface area contributed by atoms with Gasteiger partial charge in [-0.1, -0.05) is 0 Å². The van der Waals surface area contributed by atoms with Crippen LogP contribution in [-0.2, 0) is 10.0 Å². The van der Waals surface area contributed by atoms with Gasteiger partial charge in [0.05, 0.1) is 0 Å². The Labute approximate surface area is 118 Å². The molecule has 7 heteroatoms. The number of hydrogen-bond acceptors (Lipinski definition) is 4. The average molecular weight is 294 g/mol. The van der Waals surface area contributed by atoms with E-state index in [0.29, 0.717) is 15.9 Å². The molecule has 2 aromatic heterocycles. The predicted octanol–water partition coefficient (Wildman–Crippen LogP) is 0.935. The van der Waals surface area contributed by atoms with Gasteiger partial charge in [-0.05, 0) is 38.1 Å². The summed E-state index contributed by atoms with van der Waals surface area (Å²) in [6.07, 6.45) is 4.86. The van der Waals surface area contributed by atoms with E-state index in [2.05, 4.69) is 15.3 Å². The summed E-state index contributed by atoms with van der Waals surface area (Å²) in [6.45, 7) is 1.72. The van der Waals surface area contributed by atoms with Crippen LogP contribution in [0, 0.1) is 0 Å². The molecule has 1 fully saturated rings. The lowest BCUT2D eigenvalue weighted by Crippen LogP contribution is -2.43. The van der Waals surface area contributed by atoms with E-state index < -0.39 is 10.0 Å². The van der Waals surface area contributed by atoms with Crippen LogP contribution in [0.15, 0.2) is 29.4 Å². The van der Waals surface area contributed by atoms with Crippen LogP contribution in [0.5, 0.6) is 0 Å². The van der Waals surface area contributed by atoms with Crippen LogP contribution in [0.4, 0.5) is 0 Å². The normalized spacial score (nSPS) is 17.9. The molecule has 3 rings (SSSR count). The Morgan fingerprint density at radius 2 is 2.10 bits per heavy atom. The van der Waals surface area contributed by atoms with Gasteiger partial charge in [-0.25, -0.2) is 13.4 Å². The monoisotopic (exact) mass is 294 g/mol. The minimum atomic E-state index is -3.49. The number of aromatic amines is 1. The predicted molar refractivity (Wildman–Crippen MR) is 76.9 cm³/mol. The van der Waals surface area contributed by atoms with Crippen LogP contribution in [-0.4, -0.2) is 48.9 Å². The molecular weight excluding hydrogens is 276 g/mol. The fraction of sp³-hybridized carbons (Fsp3) is 0.462. The van der Waals surface area contributed by atoms with Crippen molar-refractivity contribution in [2.75, 3.05) is 20.1 Å². The lowest BCUT2D eigenvalue weighted by molar-refractivity contribution is 0.296. The third-order valence-corrected chi connectivity index (χ3v) is 5.84. The molecule has 6 nitrogen and oxygen atoms in total. The molecule has 2 aromatic rings. The first-order valence-corrected chi connectivity index (χ1v) is 8.15. The summed E-state index contributed by atoms with van der Waals surface area (Å²) < 4.78 is 27.0. The van der Waals surface area contributed by atoms with Gasteiger partial charge in [-0.2, -0.15) is 4.31 Å². The smallest absolute Gasteiger partial charge is 0.245 e. The Bertz CT molecular complexity index is 704. The summed E-state index contributed by atoms with van der Waals surface area (Å²) in [4.78, 5) is 7.37. The SMILES string of the molecule is CN(C1CCNCC1)S(=O)(=O)c1c[nH]c2ncccc12. The van der Waals surface area contributed by atoms with Crippen LogP contribution in [0.3, 0.4) is 0 Å².